The van der Waals surface area contributed by atoms with Crippen LogP contribution in [0, 0.1) is 5.41 Å². The van der Waals surface area contributed by atoms with Crippen molar-refractivity contribution >= 4 is 17.7 Å². The molecule has 1 atom stereocenters. The standard InChI is InChI=1S/C21H31N3O4/c1-21(2,3)14-18(25)24-13-5-6-17(24)20(27)23-12-11-22-19(26)15-7-9-16(28-4)10-8-15/h7-10,17H,5-6,11-14H2,1-4H3,(H,22,26)(H,23,27)/t17-/m0/s1. The first-order valence-corrected chi connectivity index (χ1v) is 9.71. The molecule has 1 aliphatic rings. The molecule has 1 aromatic rings. The van der Waals surface area contributed by atoms with E-state index in [1.807, 2.05) is 20.8 Å². The number of hydrogen-bond donors (Lipinski definition) is 2. The number of carbonyl (C=O) groups is 3. The maximum absolute atomic E-state index is 12.5. The third-order valence-corrected chi connectivity index (χ3v) is 4.62. The second-order valence-electron chi connectivity index (χ2n) is 8.26. The molecule has 1 aliphatic heterocycles. The van der Waals surface area contributed by atoms with Crippen LogP contribution in [0.5, 0.6) is 5.75 Å². The third-order valence-electron chi connectivity index (χ3n) is 4.62. The quantitative estimate of drug-likeness (QED) is 0.698. The number of likely N-dealkylation sites (tertiary alicyclic amines) is 1. The van der Waals surface area contributed by atoms with Crippen molar-refractivity contribution in [1.29, 1.82) is 0 Å². The molecule has 0 bridgehead atoms. The van der Waals surface area contributed by atoms with E-state index in [0.29, 0.717) is 43.8 Å². The van der Waals surface area contributed by atoms with Crippen molar-refractivity contribution in [3.8, 4) is 5.75 Å². The van der Waals surface area contributed by atoms with E-state index in [4.69, 9.17) is 4.74 Å². The Kier molecular flexibility index (Phi) is 7.43. The van der Waals surface area contributed by atoms with Crippen LogP contribution in [0.3, 0.4) is 0 Å². The van der Waals surface area contributed by atoms with Crippen molar-refractivity contribution in [2.24, 2.45) is 5.41 Å². The van der Waals surface area contributed by atoms with Crippen molar-refractivity contribution in [2.75, 3.05) is 26.7 Å². The normalized spacial score (nSPS) is 16.6. The van der Waals surface area contributed by atoms with E-state index in [1.54, 1.807) is 36.3 Å². The molecule has 0 spiro atoms. The molecule has 2 rings (SSSR count). The van der Waals surface area contributed by atoms with Gasteiger partial charge in [-0.05, 0) is 42.5 Å². The topological polar surface area (TPSA) is 87.7 Å². The minimum absolute atomic E-state index is 0.0259. The predicted molar refractivity (Wildman–Crippen MR) is 107 cm³/mol. The summed E-state index contributed by atoms with van der Waals surface area (Å²) >= 11 is 0. The van der Waals surface area contributed by atoms with Crippen molar-refractivity contribution < 1.29 is 19.1 Å². The molecule has 0 aromatic heterocycles. The van der Waals surface area contributed by atoms with Gasteiger partial charge in [0.05, 0.1) is 7.11 Å². The molecule has 1 heterocycles. The Labute approximate surface area is 166 Å². The zero-order chi connectivity index (χ0) is 20.7. The highest BCUT2D eigenvalue weighted by Crippen LogP contribution is 2.24. The molecule has 7 heteroatoms. The molecule has 7 nitrogen and oxygen atoms in total. The lowest BCUT2D eigenvalue weighted by atomic mass is 9.91. The molecule has 1 aromatic carbocycles. The fraction of sp³-hybridized carbons (Fsp3) is 0.571. The fourth-order valence-electron chi connectivity index (χ4n) is 3.22. The maximum atomic E-state index is 12.5. The first kappa shape index (κ1) is 21.7. The van der Waals surface area contributed by atoms with Gasteiger partial charge in [-0.3, -0.25) is 14.4 Å². The highest BCUT2D eigenvalue weighted by atomic mass is 16.5. The third kappa shape index (κ3) is 6.25. The Hall–Kier alpha value is -2.57. The van der Waals surface area contributed by atoms with E-state index in [2.05, 4.69) is 10.6 Å². The number of methoxy groups -OCH3 is 1. The van der Waals surface area contributed by atoms with E-state index < -0.39 is 6.04 Å². The van der Waals surface area contributed by atoms with Crippen LogP contribution in [-0.2, 0) is 9.59 Å². The second kappa shape index (κ2) is 9.57. The molecule has 1 fully saturated rings. The number of nitrogens with zero attached hydrogens (tertiary/aromatic N) is 1. The number of carbonyl (C=O) groups excluding carboxylic acids is 3. The fourth-order valence-corrected chi connectivity index (χ4v) is 3.22. The van der Waals surface area contributed by atoms with Crippen LogP contribution in [0.25, 0.3) is 0 Å². The Balaban J connectivity index is 1.76. The molecule has 28 heavy (non-hydrogen) atoms. The van der Waals surface area contributed by atoms with Gasteiger partial charge in [-0.1, -0.05) is 20.8 Å². The summed E-state index contributed by atoms with van der Waals surface area (Å²) in [4.78, 5) is 38.7. The van der Waals surface area contributed by atoms with E-state index >= 15 is 0 Å². The molecule has 3 amide bonds. The Morgan fingerprint density at radius 1 is 1.11 bits per heavy atom. The van der Waals surface area contributed by atoms with Gasteiger partial charge in [-0.25, -0.2) is 0 Å². The Morgan fingerprint density at radius 2 is 1.75 bits per heavy atom. The molecule has 154 valence electrons. The number of rotatable bonds is 7. The smallest absolute Gasteiger partial charge is 0.251 e. The van der Waals surface area contributed by atoms with Crippen LogP contribution in [0.4, 0.5) is 0 Å². The molecule has 0 saturated carbocycles. The minimum Gasteiger partial charge on any atom is -0.497 e. The van der Waals surface area contributed by atoms with Crippen molar-refractivity contribution in [2.45, 2.75) is 46.1 Å². The minimum atomic E-state index is -0.410. The molecule has 0 unspecified atom stereocenters. The van der Waals surface area contributed by atoms with Gasteiger partial charge in [0.15, 0.2) is 0 Å². The van der Waals surface area contributed by atoms with Gasteiger partial charge in [0.1, 0.15) is 11.8 Å². The molecule has 0 aliphatic carbocycles. The van der Waals surface area contributed by atoms with Gasteiger partial charge in [-0.2, -0.15) is 0 Å². The van der Waals surface area contributed by atoms with Gasteiger partial charge in [-0.15, -0.1) is 0 Å². The second-order valence-corrected chi connectivity index (χ2v) is 8.26. The predicted octanol–water partition coefficient (Wildman–Crippen LogP) is 1.97. The lowest BCUT2D eigenvalue weighted by Gasteiger charge is -2.27. The highest BCUT2D eigenvalue weighted by molar-refractivity contribution is 5.94. The Bertz CT molecular complexity index is 695. The molecule has 1 saturated heterocycles. The summed E-state index contributed by atoms with van der Waals surface area (Å²) in [5, 5.41) is 5.60. The van der Waals surface area contributed by atoms with Crippen LogP contribution in [0.2, 0.25) is 0 Å². The summed E-state index contributed by atoms with van der Waals surface area (Å²) < 4.78 is 5.07. The van der Waals surface area contributed by atoms with Crippen LogP contribution >= 0.6 is 0 Å². The van der Waals surface area contributed by atoms with Crippen LogP contribution < -0.4 is 15.4 Å². The van der Waals surface area contributed by atoms with Crippen molar-refractivity contribution in [1.82, 2.24) is 15.5 Å². The van der Waals surface area contributed by atoms with E-state index in [0.717, 1.165) is 6.42 Å². The SMILES string of the molecule is COc1ccc(C(=O)NCCNC(=O)[C@@H]2CCCN2C(=O)CC(C)(C)C)cc1. The molecule has 0 radical (unpaired) electrons. The van der Waals surface area contributed by atoms with E-state index in [1.165, 1.54) is 0 Å². The summed E-state index contributed by atoms with van der Waals surface area (Å²) in [5.74, 6) is 0.349. The summed E-state index contributed by atoms with van der Waals surface area (Å²) in [5.41, 5.74) is 0.425. The number of amides is 3. The van der Waals surface area contributed by atoms with Gasteiger partial charge >= 0.3 is 0 Å². The number of nitrogens with one attached hydrogen (secondary N) is 2. The van der Waals surface area contributed by atoms with Crippen LogP contribution in [0.15, 0.2) is 24.3 Å². The van der Waals surface area contributed by atoms with Crippen molar-refractivity contribution in [3.05, 3.63) is 29.8 Å². The highest BCUT2D eigenvalue weighted by Gasteiger charge is 2.35. The van der Waals surface area contributed by atoms with Gasteiger partial charge in [0.25, 0.3) is 5.91 Å². The van der Waals surface area contributed by atoms with E-state index in [9.17, 15) is 14.4 Å². The van der Waals surface area contributed by atoms with Crippen LogP contribution in [0.1, 0.15) is 50.4 Å². The van der Waals surface area contributed by atoms with Gasteiger partial charge in [0.2, 0.25) is 11.8 Å². The van der Waals surface area contributed by atoms with E-state index in [-0.39, 0.29) is 23.1 Å². The number of ether oxygens (including phenoxy) is 1. The lowest BCUT2D eigenvalue weighted by Crippen LogP contribution is -2.48. The van der Waals surface area contributed by atoms with Crippen LogP contribution in [-0.4, -0.2) is 55.4 Å². The molecular weight excluding hydrogens is 358 g/mol. The first-order chi connectivity index (χ1) is 13.2. The van der Waals surface area contributed by atoms with Gasteiger partial charge in [0, 0.05) is 31.6 Å². The lowest BCUT2D eigenvalue weighted by molar-refractivity contribution is -0.139. The number of hydrogen-bond acceptors (Lipinski definition) is 4. The number of benzene rings is 1. The van der Waals surface area contributed by atoms with Crippen molar-refractivity contribution in [3.63, 3.8) is 0 Å². The summed E-state index contributed by atoms with van der Waals surface area (Å²) in [6.45, 7) is 7.31. The summed E-state index contributed by atoms with van der Waals surface area (Å²) in [6.07, 6.45) is 1.94. The first-order valence-electron chi connectivity index (χ1n) is 9.71. The summed E-state index contributed by atoms with van der Waals surface area (Å²) in [7, 11) is 1.57. The monoisotopic (exact) mass is 389 g/mol. The molecule has 2 N–H and O–H groups in total. The average Bonchev–Trinajstić information content (AvgIpc) is 3.13. The maximum Gasteiger partial charge on any atom is 0.251 e. The zero-order valence-corrected chi connectivity index (χ0v) is 17.2. The average molecular weight is 389 g/mol. The molecular formula is C21H31N3O4. The largest absolute Gasteiger partial charge is 0.497 e. The summed E-state index contributed by atoms with van der Waals surface area (Å²) in [6, 6.07) is 6.40. The zero-order valence-electron chi connectivity index (χ0n) is 17.2. The van der Waals surface area contributed by atoms with Gasteiger partial charge < -0.3 is 20.3 Å². The Morgan fingerprint density at radius 3 is 2.36 bits per heavy atom.